The summed E-state index contributed by atoms with van der Waals surface area (Å²) in [6.45, 7) is 0. The Morgan fingerprint density at radius 1 is 1.20 bits per heavy atom. The van der Waals surface area contributed by atoms with Gasteiger partial charge in [-0.05, 0) is 37.8 Å². The van der Waals surface area contributed by atoms with Gasteiger partial charge in [-0.15, -0.1) is 0 Å². The van der Waals surface area contributed by atoms with Gasteiger partial charge < -0.3 is 10.4 Å². The summed E-state index contributed by atoms with van der Waals surface area (Å²) in [5, 5.41) is 11.8. The summed E-state index contributed by atoms with van der Waals surface area (Å²) in [5.41, 5.74) is 0.919. The molecule has 0 atom stereocenters. The highest BCUT2D eigenvalue weighted by Crippen LogP contribution is 2.24. The van der Waals surface area contributed by atoms with Crippen molar-refractivity contribution in [3.05, 3.63) is 35.4 Å². The van der Waals surface area contributed by atoms with Crippen LogP contribution in [-0.2, 0) is 4.79 Å². The Balaban J connectivity index is 1.92. The number of rotatable bonds is 4. The molecule has 2 N–H and O–H groups in total. The molecule has 0 unspecified atom stereocenters. The quantitative estimate of drug-likeness (QED) is 0.822. The third kappa shape index (κ3) is 3.44. The third-order valence-corrected chi connectivity index (χ3v) is 3.70. The Morgan fingerprint density at radius 2 is 1.90 bits per heavy atom. The molecule has 1 fully saturated rings. The van der Waals surface area contributed by atoms with Crippen molar-refractivity contribution in [2.45, 2.75) is 31.7 Å². The second-order valence-electron chi connectivity index (χ2n) is 5.10. The standard InChI is InChI=1S/C15H17NO4/c17-9-10-2-1-3-12(8-10)14(18)16-13-6-4-11(5-7-13)15(19)20/h1-3,8-9,11,13H,4-7H2,(H,16,18)(H,19,20). The molecule has 2 rings (SSSR count). The lowest BCUT2D eigenvalue weighted by Gasteiger charge is -2.26. The molecular weight excluding hydrogens is 258 g/mol. The van der Waals surface area contributed by atoms with Gasteiger partial charge in [-0.3, -0.25) is 14.4 Å². The molecule has 1 aromatic rings. The maximum atomic E-state index is 12.1. The van der Waals surface area contributed by atoms with Crippen LogP contribution in [0.1, 0.15) is 46.4 Å². The van der Waals surface area contributed by atoms with Gasteiger partial charge in [0.2, 0.25) is 0 Å². The summed E-state index contributed by atoms with van der Waals surface area (Å²) >= 11 is 0. The number of carbonyl (C=O) groups is 3. The average Bonchev–Trinajstić information content (AvgIpc) is 2.47. The van der Waals surface area contributed by atoms with E-state index in [4.69, 9.17) is 5.11 Å². The van der Waals surface area contributed by atoms with Crippen LogP contribution in [0.5, 0.6) is 0 Å². The summed E-state index contributed by atoms with van der Waals surface area (Å²) < 4.78 is 0. The maximum Gasteiger partial charge on any atom is 0.306 e. The monoisotopic (exact) mass is 275 g/mol. The molecule has 0 saturated heterocycles. The third-order valence-electron chi connectivity index (χ3n) is 3.70. The zero-order valence-corrected chi connectivity index (χ0v) is 11.0. The molecule has 1 aromatic carbocycles. The summed E-state index contributed by atoms with van der Waals surface area (Å²) in [6.07, 6.45) is 3.24. The molecular formula is C15H17NO4. The molecule has 0 aromatic heterocycles. The van der Waals surface area contributed by atoms with E-state index in [2.05, 4.69) is 5.32 Å². The number of carboxylic acid groups (broad SMARTS) is 1. The van der Waals surface area contributed by atoms with Gasteiger partial charge in [-0.1, -0.05) is 12.1 Å². The van der Waals surface area contributed by atoms with E-state index in [0.29, 0.717) is 43.1 Å². The lowest BCUT2D eigenvalue weighted by molar-refractivity contribution is -0.142. The molecule has 1 aliphatic rings. The van der Waals surface area contributed by atoms with E-state index in [-0.39, 0.29) is 17.9 Å². The predicted octanol–water partition coefficient (Wildman–Crippen LogP) is 1.87. The van der Waals surface area contributed by atoms with Crippen LogP contribution in [-0.4, -0.2) is 29.3 Å². The number of hydrogen-bond donors (Lipinski definition) is 2. The van der Waals surface area contributed by atoms with Crippen LogP contribution in [0.2, 0.25) is 0 Å². The molecule has 0 radical (unpaired) electrons. The van der Waals surface area contributed by atoms with Crippen molar-refractivity contribution in [2.75, 3.05) is 0 Å². The Bertz CT molecular complexity index is 518. The zero-order chi connectivity index (χ0) is 14.5. The predicted molar refractivity (Wildman–Crippen MR) is 72.7 cm³/mol. The van der Waals surface area contributed by atoms with Crippen molar-refractivity contribution in [1.82, 2.24) is 5.32 Å². The fourth-order valence-corrected chi connectivity index (χ4v) is 2.51. The van der Waals surface area contributed by atoms with Gasteiger partial charge in [0.25, 0.3) is 5.91 Å². The maximum absolute atomic E-state index is 12.1. The Hall–Kier alpha value is -2.17. The summed E-state index contributed by atoms with van der Waals surface area (Å²) in [4.78, 5) is 33.6. The first-order chi connectivity index (χ1) is 9.60. The zero-order valence-electron chi connectivity index (χ0n) is 11.0. The van der Waals surface area contributed by atoms with E-state index < -0.39 is 5.97 Å². The minimum absolute atomic E-state index is 0.0120. The minimum atomic E-state index is -0.756. The van der Waals surface area contributed by atoms with E-state index in [1.165, 1.54) is 0 Å². The van der Waals surface area contributed by atoms with E-state index in [9.17, 15) is 14.4 Å². The van der Waals surface area contributed by atoms with Crippen molar-refractivity contribution in [3.8, 4) is 0 Å². The molecule has 1 aliphatic carbocycles. The molecule has 1 amide bonds. The normalized spacial score (nSPS) is 22.0. The number of hydrogen-bond acceptors (Lipinski definition) is 3. The van der Waals surface area contributed by atoms with E-state index in [0.717, 1.165) is 0 Å². The fraction of sp³-hybridized carbons (Fsp3) is 0.400. The Labute approximate surface area is 117 Å². The summed E-state index contributed by atoms with van der Waals surface area (Å²) in [5.74, 6) is -1.26. The fourth-order valence-electron chi connectivity index (χ4n) is 2.51. The van der Waals surface area contributed by atoms with Gasteiger partial charge in [0.1, 0.15) is 6.29 Å². The number of nitrogens with one attached hydrogen (secondary N) is 1. The second-order valence-corrected chi connectivity index (χ2v) is 5.10. The summed E-state index contributed by atoms with van der Waals surface area (Å²) in [6, 6.07) is 6.52. The SMILES string of the molecule is O=Cc1cccc(C(=O)NC2CCC(C(=O)O)CC2)c1. The average molecular weight is 275 g/mol. The van der Waals surface area contributed by atoms with Crippen molar-refractivity contribution < 1.29 is 19.5 Å². The minimum Gasteiger partial charge on any atom is -0.481 e. The molecule has 0 spiro atoms. The summed E-state index contributed by atoms with van der Waals surface area (Å²) in [7, 11) is 0. The van der Waals surface area contributed by atoms with Gasteiger partial charge in [0.15, 0.2) is 0 Å². The highest BCUT2D eigenvalue weighted by atomic mass is 16.4. The largest absolute Gasteiger partial charge is 0.481 e. The number of benzene rings is 1. The van der Waals surface area contributed by atoms with Gasteiger partial charge >= 0.3 is 5.97 Å². The number of amides is 1. The van der Waals surface area contributed by atoms with Crippen molar-refractivity contribution in [2.24, 2.45) is 5.92 Å². The number of aldehydes is 1. The van der Waals surface area contributed by atoms with Crippen LogP contribution >= 0.6 is 0 Å². The topological polar surface area (TPSA) is 83.5 Å². The molecule has 1 saturated carbocycles. The Morgan fingerprint density at radius 3 is 2.50 bits per heavy atom. The number of aliphatic carboxylic acids is 1. The van der Waals surface area contributed by atoms with Crippen molar-refractivity contribution in [3.63, 3.8) is 0 Å². The van der Waals surface area contributed by atoms with Gasteiger partial charge in [0, 0.05) is 17.2 Å². The molecule has 0 bridgehead atoms. The molecule has 0 heterocycles. The number of carbonyl (C=O) groups excluding carboxylic acids is 2. The van der Waals surface area contributed by atoms with E-state index in [1.807, 2.05) is 0 Å². The van der Waals surface area contributed by atoms with E-state index in [1.54, 1.807) is 24.3 Å². The van der Waals surface area contributed by atoms with Crippen LogP contribution in [0.3, 0.4) is 0 Å². The van der Waals surface area contributed by atoms with Crippen LogP contribution in [0.25, 0.3) is 0 Å². The van der Waals surface area contributed by atoms with Gasteiger partial charge in [-0.25, -0.2) is 0 Å². The van der Waals surface area contributed by atoms with Crippen LogP contribution in [0.15, 0.2) is 24.3 Å². The van der Waals surface area contributed by atoms with Crippen LogP contribution < -0.4 is 5.32 Å². The highest BCUT2D eigenvalue weighted by Gasteiger charge is 2.26. The smallest absolute Gasteiger partial charge is 0.306 e. The van der Waals surface area contributed by atoms with Crippen molar-refractivity contribution >= 4 is 18.2 Å². The lowest BCUT2D eigenvalue weighted by Crippen LogP contribution is -2.38. The second kappa shape index (κ2) is 6.32. The first-order valence-corrected chi connectivity index (χ1v) is 6.69. The van der Waals surface area contributed by atoms with Gasteiger partial charge in [0.05, 0.1) is 5.92 Å². The van der Waals surface area contributed by atoms with Gasteiger partial charge in [-0.2, -0.15) is 0 Å². The van der Waals surface area contributed by atoms with E-state index >= 15 is 0 Å². The highest BCUT2D eigenvalue weighted by molar-refractivity contribution is 5.95. The molecule has 0 aliphatic heterocycles. The van der Waals surface area contributed by atoms with Crippen molar-refractivity contribution in [1.29, 1.82) is 0 Å². The van der Waals surface area contributed by atoms with Crippen LogP contribution in [0, 0.1) is 5.92 Å². The molecule has 106 valence electrons. The molecule has 5 nitrogen and oxygen atoms in total. The first-order valence-electron chi connectivity index (χ1n) is 6.69. The number of carboxylic acids is 1. The first kappa shape index (κ1) is 14.2. The molecule has 5 heteroatoms. The lowest BCUT2D eigenvalue weighted by atomic mass is 9.86. The van der Waals surface area contributed by atoms with Crippen LogP contribution in [0.4, 0.5) is 0 Å². The Kier molecular flexibility index (Phi) is 4.50. The molecule has 20 heavy (non-hydrogen) atoms.